The van der Waals surface area contributed by atoms with E-state index in [1.54, 1.807) is 49.5 Å². The minimum Gasteiger partial charge on any atom is -0.506 e. The van der Waals surface area contributed by atoms with E-state index < -0.39 is 25.6 Å². The molecule has 7 nitrogen and oxygen atoms in total. The predicted octanol–water partition coefficient (Wildman–Crippen LogP) is 10.1. The van der Waals surface area contributed by atoms with Crippen LogP contribution in [0.2, 0.25) is 0 Å². The van der Waals surface area contributed by atoms with Gasteiger partial charge in [0, 0.05) is 93.7 Å². The van der Waals surface area contributed by atoms with Crippen molar-refractivity contribution in [1.29, 1.82) is 0 Å². The zero-order chi connectivity index (χ0) is 43.0. The molecule has 0 fully saturated rings. The maximum absolute atomic E-state index is 13.8. The standard InChI is InChI=1S/C19H13NO4.C18H15OP.C15H15OP.Eu/c1-20-13-8-4-3-7-12(13)17(21)16(19(20)23)18(22)15-10-11-6-2-5-9-14(11)24-15;19-20(16-10-4-1-5-11-16,17-12-6-2-7-13-17)18-14-8-3-9-15-18;1-13(2)17(16,14-9-5-3-6-10-14)15-11-7-4-8-12-15;/h2-10,21H,1H3;1-15H;3-12H,1H2,2H3;. The van der Waals surface area contributed by atoms with Crippen molar-refractivity contribution in [1.82, 2.24) is 4.57 Å². The van der Waals surface area contributed by atoms with Gasteiger partial charge in [0.15, 0.2) is 20.0 Å². The normalized spacial score (nSPS) is 11.0. The molecular weight excluding hydrogens is 948 g/mol. The Bertz CT molecular complexity index is 2940. The molecule has 1 radical (unpaired) electrons. The second-order valence-corrected chi connectivity index (χ2v) is 20.0. The van der Waals surface area contributed by atoms with Gasteiger partial charge in [-0.25, -0.2) is 0 Å². The Hall–Kier alpha value is -5.46. The van der Waals surface area contributed by atoms with E-state index in [2.05, 4.69) is 6.58 Å². The minimum atomic E-state index is -2.78. The molecule has 9 rings (SSSR count). The van der Waals surface area contributed by atoms with E-state index in [-0.39, 0.29) is 66.4 Å². The fraction of sp³-hybridized carbons (Fsp3) is 0.0385. The summed E-state index contributed by atoms with van der Waals surface area (Å²) in [6.07, 6.45) is 0. The summed E-state index contributed by atoms with van der Waals surface area (Å²) in [5, 5.41) is 16.7. The maximum atomic E-state index is 13.8. The first-order valence-corrected chi connectivity index (χ1v) is 22.9. The van der Waals surface area contributed by atoms with E-state index in [1.165, 1.54) is 4.57 Å². The Morgan fingerprint density at radius 1 is 0.581 bits per heavy atom. The molecule has 10 heteroatoms. The first-order valence-electron chi connectivity index (χ1n) is 19.5. The molecule has 62 heavy (non-hydrogen) atoms. The summed E-state index contributed by atoms with van der Waals surface area (Å²) in [4.78, 5) is 25.4. The third-order valence-electron chi connectivity index (χ3n) is 10.3. The van der Waals surface area contributed by atoms with E-state index in [9.17, 15) is 23.8 Å². The van der Waals surface area contributed by atoms with E-state index in [1.807, 2.05) is 171 Å². The molecule has 2 heterocycles. The number of rotatable bonds is 8. The molecule has 0 aliphatic carbocycles. The molecular formula is C52H43EuNO6P2. The van der Waals surface area contributed by atoms with E-state index in [4.69, 9.17) is 4.42 Å². The molecule has 0 spiro atoms. The summed E-state index contributed by atoms with van der Waals surface area (Å²) in [6.45, 7) is 5.75. The molecule has 0 saturated carbocycles. The van der Waals surface area contributed by atoms with Gasteiger partial charge in [-0.1, -0.05) is 189 Å². The fourth-order valence-electron chi connectivity index (χ4n) is 7.13. The number of aryl methyl sites for hydroxylation is 1. The SMILES string of the molecule is C=C(C)P(=O)(c1ccccc1)c1ccccc1.Cn1c(=O)c(C(=O)c2cc3ccccc3o2)c(O)c2ccccc21.O=P(c1ccccc1)(c1ccccc1)c1ccccc1.[Eu]. The number of carbonyl (C=O) groups excluding carboxylic acids is 1. The summed E-state index contributed by atoms with van der Waals surface area (Å²) < 4.78 is 33.9. The largest absolute Gasteiger partial charge is 0.506 e. The first kappa shape index (κ1) is 46.1. The van der Waals surface area contributed by atoms with Crippen LogP contribution in [0, 0.1) is 49.4 Å². The zero-order valence-electron chi connectivity index (χ0n) is 34.0. The molecule has 1 N–H and O–H groups in total. The summed E-state index contributed by atoms with van der Waals surface area (Å²) in [7, 11) is -3.90. The van der Waals surface area contributed by atoms with Crippen LogP contribution in [0.4, 0.5) is 0 Å². The van der Waals surface area contributed by atoms with Gasteiger partial charge < -0.3 is 23.2 Å². The monoisotopic (exact) mass is 992 g/mol. The van der Waals surface area contributed by atoms with Gasteiger partial charge in [0.05, 0.1) is 5.52 Å². The van der Waals surface area contributed by atoms with Gasteiger partial charge in [-0.2, -0.15) is 0 Å². The van der Waals surface area contributed by atoms with Crippen LogP contribution < -0.4 is 32.1 Å². The zero-order valence-corrected chi connectivity index (χ0v) is 38.3. The van der Waals surface area contributed by atoms with Crippen molar-refractivity contribution < 1.29 is 72.8 Å². The van der Waals surface area contributed by atoms with E-state index in [0.29, 0.717) is 16.5 Å². The minimum absolute atomic E-state index is 0. The van der Waals surface area contributed by atoms with Gasteiger partial charge in [0.25, 0.3) is 5.56 Å². The number of furan rings is 1. The van der Waals surface area contributed by atoms with Crippen molar-refractivity contribution >= 4 is 68.5 Å². The summed E-state index contributed by atoms with van der Waals surface area (Å²) in [5.74, 6) is -0.923. The summed E-state index contributed by atoms with van der Waals surface area (Å²) in [5.41, 5.74) is 0.269. The Morgan fingerprint density at radius 2 is 0.968 bits per heavy atom. The van der Waals surface area contributed by atoms with Gasteiger partial charge in [-0.05, 0) is 36.5 Å². The number of hydrogen-bond acceptors (Lipinski definition) is 6. The molecule has 0 bridgehead atoms. The number of pyridine rings is 1. The molecule has 0 unspecified atom stereocenters. The average molecular weight is 992 g/mol. The smallest absolute Gasteiger partial charge is 0.265 e. The molecule has 2 aromatic heterocycles. The molecule has 0 aliphatic rings. The molecule has 0 amide bonds. The van der Waals surface area contributed by atoms with Crippen LogP contribution in [0.15, 0.2) is 227 Å². The molecule has 7 aromatic carbocycles. The topological polar surface area (TPSA) is 107 Å². The molecule has 309 valence electrons. The Morgan fingerprint density at radius 3 is 1.40 bits per heavy atom. The summed E-state index contributed by atoms with van der Waals surface area (Å²) >= 11 is 0. The van der Waals surface area contributed by atoms with Crippen molar-refractivity contribution in [2.75, 3.05) is 0 Å². The van der Waals surface area contributed by atoms with Gasteiger partial charge in [0.2, 0.25) is 5.78 Å². The molecule has 0 atom stereocenters. The Balaban J connectivity index is 0.000000156. The van der Waals surface area contributed by atoms with Crippen LogP contribution in [0.3, 0.4) is 0 Å². The average Bonchev–Trinajstić information content (AvgIpc) is 3.77. The van der Waals surface area contributed by atoms with Crippen molar-refractivity contribution in [3.63, 3.8) is 0 Å². The first-order chi connectivity index (χ1) is 29.5. The van der Waals surface area contributed by atoms with Crippen molar-refractivity contribution in [2.24, 2.45) is 7.05 Å². The number of benzene rings is 7. The molecule has 9 aromatic rings. The number of hydrogen-bond donors (Lipinski definition) is 1. The number of carbonyl (C=O) groups is 1. The van der Waals surface area contributed by atoms with E-state index in [0.717, 1.165) is 37.2 Å². The fourth-order valence-corrected chi connectivity index (χ4v) is 12.2. The maximum Gasteiger partial charge on any atom is 0.265 e. The van der Waals surface area contributed by atoms with Crippen LogP contribution in [0.5, 0.6) is 5.75 Å². The molecule has 0 saturated heterocycles. The number of ketones is 1. The van der Waals surface area contributed by atoms with Gasteiger partial charge >= 0.3 is 0 Å². The van der Waals surface area contributed by atoms with Gasteiger partial charge in [-0.3, -0.25) is 9.59 Å². The van der Waals surface area contributed by atoms with Crippen LogP contribution in [0.25, 0.3) is 21.9 Å². The van der Waals surface area contributed by atoms with Crippen molar-refractivity contribution in [3.05, 3.63) is 240 Å². The number of aromatic nitrogens is 1. The third-order valence-corrected chi connectivity index (χ3v) is 16.5. The van der Waals surface area contributed by atoms with Crippen molar-refractivity contribution in [2.45, 2.75) is 6.92 Å². The van der Waals surface area contributed by atoms with Crippen LogP contribution in [-0.2, 0) is 16.2 Å². The number of nitrogens with zero attached hydrogens (tertiary/aromatic N) is 1. The number of allylic oxidation sites excluding steroid dienone is 1. The second kappa shape index (κ2) is 20.6. The summed E-state index contributed by atoms with van der Waals surface area (Å²) in [6, 6.07) is 63.9. The van der Waals surface area contributed by atoms with Crippen LogP contribution in [-0.4, -0.2) is 15.5 Å². The van der Waals surface area contributed by atoms with Gasteiger partial charge in [0.1, 0.15) is 16.9 Å². The van der Waals surface area contributed by atoms with Gasteiger partial charge in [-0.15, -0.1) is 0 Å². The Kier molecular flexibility index (Phi) is 15.3. The van der Waals surface area contributed by atoms with E-state index >= 15 is 0 Å². The van der Waals surface area contributed by atoms with Crippen molar-refractivity contribution in [3.8, 4) is 5.75 Å². The quantitative estimate of drug-likeness (QED) is 0.120. The molecule has 0 aliphatic heterocycles. The number of aromatic hydroxyl groups is 1. The van der Waals surface area contributed by atoms with Crippen LogP contribution in [0.1, 0.15) is 23.0 Å². The second-order valence-electron chi connectivity index (χ2n) is 14.2. The van der Waals surface area contributed by atoms with Crippen LogP contribution >= 0.6 is 14.3 Å². The third kappa shape index (κ3) is 9.46. The number of para-hydroxylation sites is 2. The predicted molar refractivity (Wildman–Crippen MR) is 251 cm³/mol. The Labute approximate surface area is 401 Å². The number of fused-ring (bicyclic) bond motifs is 2.